The van der Waals surface area contributed by atoms with Gasteiger partial charge in [-0.3, -0.25) is 48.5 Å². The Morgan fingerprint density at radius 3 is 1.43 bits per heavy atom. The van der Waals surface area contributed by atoms with Crippen molar-refractivity contribution in [2.75, 3.05) is 26.2 Å². The first-order valence-electron chi connectivity index (χ1n) is 24.2. The zero-order chi connectivity index (χ0) is 54.3. The van der Waals surface area contributed by atoms with Crippen LogP contribution in [0, 0.1) is 11.8 Å². The van der Waals surface area contributed by atoms with Crippen molar-refractivity contribution in [1.82, 2.24) is 47.2 Å². The van der Waals surface area contributed by atoms with Crippen molar-refractivity contribution in [2.45, 2.75) is 154 Å². The number of carbonyl (C=O) groups excluding carboxylic acids is 8. The van der Waals surface area contributed by atoms with Gasteiger partial charge in [-0.2, -0.15) is 0 Å². The lowest BCUT2D eigenvalue weighted by Gasteiger charge is -2.29. The number of imidazole rings is 1. The third-order valence-electron chi connectivity index (χ3n) is 10.8. The van der Waals surface area contributed by atoms with Crippen LogP contribution in [0.3, 0.4) is 0 Å². The fourth-order valence-electron chi connectivity index (χ4n) is 6.98. The summed E-state index contributed by atoms with van der Waals surface area (Å²) in [4.78, 5) is 127. The summed E-state index contributed by atoms with van der Waals surface area (Å²) in [5.74, 6) is -6.11. The Balaban J connectivity index is 3.51. The van der Waals surface area contributed by atoms with Crippen LogP contribution in [0.15, 0.2) is 27.5 Å². The number of nitrogens with one attached hydrogen (secondary N) is 8. The van der Waals surface area contributed by atoms with Crippen LogP contribution in [-0.4, -0.2) is 150 Å². The number of nitrogens with zero attached hydrogens (tertiary/aromatic N) is 4. The van der Waals surface area contributed by atoms with Crippen molar-refractivity contribution < 1.29 is 38.4 Å². The lowest BCUT2D eigenvalue weighted by Crippen LogP contribution is -2.61. The summed E-state index contributed by atoms with van der Waals surface area (Å²) < 4.78 is 0. The summed E-state index contributed by atoms with van der Waals surface area (Å²) in [5, 5.41) is 18.8. The molecule has 0 aliphatic heterocycles. The summed E-state index contributed by atoms with van der Waals surface area (Å²) >= 11 is 0. The normalized spacial score (nSPS) is 14.3. The first-order chi connectivity index (χ1) is 34.0. The number of H-pyrrole nitrogens is 1. The van der Waals surface area contributed by atoms with E-state index in [1.54, 1.807) is 13.8 Å². The topological polar surface area (TPSA) is 495 Å². The highest BCUT2D eigenvalue weighted by Crippen LogP contribution is 2.12. The monoisotopic (exact) mass is 1020 g/mol. The molecular weight excluding hydrogens is 937 g/mol. The van der Waals surface area contributed by atoms with E-state index in [4.69, 9.17) is 45.9 Å². The minimum atomic E-state index is -1.35. The van der Waals surface area contributed by atoms with Gasteiger partial charge in [0.15, 0.2) is 17.9 Å². The standard InChI is InChI=1S/C44H82N20O8/c1-24(2)19-32(39(70)58-27(22-65)11-8-16-54-42(47)48)63-41(72)34(25(3)4)64-38(69)29(12-6-7-15-45)60-36(67)31(14-10-18-56-44(51)52)61-40(71)33(20-28-21-53-23-57-28)62-37(68)30(59-35(66)26(5)46)13-9-17-55-43(49)50/h21-27,29-34H,6-20,45-46H2,1-5H3,(H,53,57)(H,58,70)(H,59,66)(H,60,67)(H,61,71)(H,62,68)(H,63,72)(H,64,69)(H4,47,48,54)(H4,49,50,55)(H4,51,52,56)/t26-,27-,29-,30-,31-,32-,33-,34-/m0/s1. The molecule has 8 atom stereocenters. The van der Waals surface area contributed by atoms with Crippen LogP contribution in [0.5, 0.6) is 0 Å². The molecule has 0 aliphatic carbocycles. The van der Waals surface area contributed by atoms with E-state index >= 15 is 0 Å². The number of guanidine groups is 3. The van der Waals surface area contributed by atoms with E-state index in [0.29, 0.717) is 31.2 Å². The van der Waals surface area contributed by atoms with Crippen LogP contribution in [-0.2, 0) is 44.8 Å². The number of nitrogens with two attached hydrogens (primary N) is 8. The molecule has 0 saturated heterocycles. The highest BCUT2D eigenvalue weighted by atomic mass is 16.2. The van der Waals surface area contributed by atoms with Gasteiger partial charge in [0, 0.05) is 37.9 Å². The maximum atomic E-state index is 14.3. The number of aliphatic imine (C=N–C) groups is 3. The second kappa shape index (κ2) is 34.3. The zero-order valence-corrected chi connectivity index (χ0v) is 42.3. The van der Waals surface area contributed by atoms with E-state index in [2.05, 4.69) is 62.2 Å². The first kappa shape index (κ1) is 62.9. The van der Waals surface area contributed by atoms with Crippen molar-refractivity contribution in [1.29, 1.82) is 0 Å². The third kappa shape index (κ3) is 26.2. The van der Waals surface area contributed by atoms with E-state index in [-0.39, 0.29) is 101 Å². The van der Waals surface area contributed by atoms with Crippen LogP contribution in [0.4, 0.5) is 0 Å². The predicted octanol–water partition coefficient (Wildman–Crippen LogP) is -5.12. The fraction of sp³-hybridized carbons (Fsp3) is 0.682. The van der Waals surface area contributed by atoms with Crippen LogP contribution < -0.4 is 83.1 Å². The molecule has 406 valence electrons. The second-order valence-electron chi connectivity index (χ2n) is 18.1. The minimum Gasteiger partial charge on any atom is -0.370 e. The molecule has 28 nitrogen and oxygen atoms in total. The molecule has 7 amide bonds. The molecule has 1 aromatic heterocycles. The Morgan fingerprint density at radius 2 is 1.00 bits per heavy atom. The Morgan fingerprint density at radius 1 is 0.569 bits per heavy atom. The number of aldehydes is 1. The van der Waals surface area contributed by atoms with Gasteiger partial charge in [-0.15, -0.1) is 0 Å². The summed E-state index contributed by atoms with van der Waals surface area (Å²) in [6.07, 6.45) is 5.45. The molecule has 0 bridgehead atoms. The molecule has 0 fully saturated rings. The summed E-state index contributed by atoms with van der Waals surface area (Å²) in [5.41, 5.74) is 44.7. The predicted molar refractivity (Wildman–Crippen MR) is 272 cm³/mol. The molecule has 0 spiro atoms. The Kier molecular flexibility index (Phi) is 29.9. The Bertz CT molecular complexity index is 1950. The van der Waals surface area contributed by atoms with Crippen molar-refractivity contribution in [2.24, 2.45) is 72.7 Å². The number of hydrogen-bond donors (Lipinski definition) is 16. The molecule has 28 heteroatoms. The molecule has 0 saturated carbocycles. The summed E-state index contributed by atoms with van der Waals surface area (Å²) in [7, 11) is 0. The molecule has 0 aliphatic rings. The van der Waals surface area contributed by atoms with Crippen LogP contribution in [0.2, 0.25) is 0 Å². The Hall–Kier alpha value is -7.10. The van der Waals surface area contributed by atoms with E-state index < -0.39 is 95.6 Å². The number of unbranched alkanes of at least 4 members (excludes halogenated alkanes) is 1. The average molecular weight is 1020 g/mol. The van der Waals surface area contributed by atoms with Crippen molar-refractivity contribution in [3.05, 3.63) is 18.2 Å². The van der Waals surface area contributed by atoms with Crippen LogP contribution in [0.25, 0.3) is 0 Å². The van der Waals surface area contributed by atoms with Gasteiger partial charge in [-0.05, 0) is 89.5 Å². The molecule has 0 radical (unpaired) electrons. The zero-order valence-electron chi connectivity index (χ0n) is 42.3. The third-order valence-corrected chi connectivity index (χ3v) is 10.8. The van der Waals surface area contributed by atoms with Crippen LogP contribution >= 0.6 is 0 Å². The van der Waals surface area contributed by atoms with E-state index in [0.717, 1.165) is 0 Å². The van der Waals surface area contributed by atoms with Crippen molar-refractivity contribution in [3.8, 4) is 0 Å². The number of rotatable bonds is 36. The maximum absolute atomic E-state index is 14.3. The van der Waals surface area contributed by atoms with E-state index in [9.17, 15) is 38.4 Å². The molecule has 72 heavy (non-hydrogen) atoms. The SMILES string of the molecule is CC(C)C[C@H](NC(=O)[C@@H](NC(=O)[C@H](CCCCN)NC(=O)[C@H](CCCN=C(N)N)NC(=O)[C@H](Cc1cnc[nH]1)NC(=O)[C@H](CCCN=C(N)N)NC(=O)[C@H](C)N)C(C)C)C(=O)N[C@H](C=O)CCCN=C(N)N. The smallest absolute Gasteiger partial charge is 0.243 e. The quantitative estimate of drug-likeness (QED) is 0.0129. The Labute approximate surface area is 420 Å². The summed E-state index contributed by atoms with van der Waals surface area (Å²) in [6.45, 7) is 9.22. The van der Waals surface area contributed by atoms with Gasteiger partial charge in [0.2, 0.25) is 41.4 Å². The molecule has 1 aromatic rings. The molecule has 1 heterocycles. The molecule has 0 unspecified atom stereocenters. The largest absolute Gasteiger partial charge is 0.370 e. The molecule has 1 rings (SSSR count). The molecule has 0 aromatic carbocycles. The van der Waals surface area contributed by atoms with Gasteiger partial charge in [0.25, 0.3) is 0 Å². The highest BCUT2D eigenvalue weighted by Gasteiger charge is 2.35. The number of hydrogen-bond acceptors (Lipinski definition) is 14. The number of amides is 7. The number of carbonyl (C=O) groups is 8. The average Bonchev–Trinajstić information content (AvgIpc) is 3.82. The van der Waals surface area contributed by atoms with E-state index in [1.165, 1.54) is 19.4 Å². The lowest BCUT2D eigenvalue weighted by atomic mass is 9.98. The highest BCUT2D eigenvalue weighted by molar-refractivity contribution is 5.97. The maximum Gasteiger partial charge on any atom is 0.243 e. The summed E-state index contributed by atoms with van der Waals surface area (Å²) in [6, 6.07) is -9.28. The fourth-order valence-corrected chi connectivity index (χ4v) is 6.98. The minimum absolute atomic E-state index is 0.0500. The molecule has 24 N–H and O–H groups in total. The first-order valence-corrected chi connectivity index (χ1v) is 24.2. The lowest BCUT2D eigenvalue weighted by molar-refractivity contribution is -0.136. The van der Waals surface area contributed by atoms with Gasteiger partial charge in [0.05, 0.1) is 18.4 Å². The van der Waals surface area contributed by atoms with Gasteiger partial charge >= 0.3 is 0 Å². The number of aromatic nitrogens is 2. The van der Waals surface area contributed by atoms with Gasteiger partial charge in [-0.1, -0.05) is 27.7 Å². The van der Waals surface area contributed by atoms with Crippen molar-refractivity contribution >= 4 is 65.5 Å². The van der Waals surface area contributed by atoms with Gasteiger partial charge in [0.1, 0.15) is 42.5 Å². The second-order valence-corrected chi connectivity index (χ2v) is 18.1. The van der Waals surface area contributed by atoms with Gasteiger partial charge < -0.3 is 92.9 Å². The number of aromatic amines is 1. The van der Waals surface area contributed by atoms with E-state index in [1.807, 2.05) is 13.8 Å². The van der Waals surface area contributed by atoms with Crippen molar-refractivity contribution in [3.63, 3.8) is 0 Å². The van der Waals surface area contributed by atoms with Gasteiger partial charge in [-0.25, -0.2) is 4.98 Å². The van der Waals surface area contributed by atoms with Crippen LogP contribution in [0.1, 0.15) is 105 Å². The molecular formula is C44H82N20O8.